The number of halogens is 1. The van der Waals surface area contributed by atoms with Crippen LogP contribution in [0.4, 0.5) is 0 Å². The zero-order valence-corrected chi connectivity index (χ0v) is 19.9. The quantitative estimate of drug-likeness (QED) is 0.211. The van der Waals surface area contributed by atoms with Crippen LogP contribution in [0.5, 0.6) is 0 Å². The van der Waals surface area contributed by atoms with Gasteiger partial charge in [-0.2, -0.15) is 0 Å². The van der Waals surface area contributed by atoms with Crippen molar-refractivity contribution in [1.82, 2.24) is 15.5 Å². The highest BCUT2D eigenvalue weighted by atomic mass is 127. The van der Waals surface area contributed by atoms with Crippen molar-refractivity contribution in [3.63, 3.8) is 0 Å². The normalized spacial score (nSPS) is 21.7. The molecule has 0 aromatic rings. The Morgan fingerprint density at radius 2 is 1.96 bits per heavy atom. The Balaban J connectivity index is 0.00000364. The highest BCUT2D eigenvalue weighted by Crippen LogP contribution is 2.20. The molecule has 2 heterocycles. The summed E-state index contributed by atoms with van der Waals surface area (Å²) in [5, 5.41) is 6.79. The smallest absolute Gasteiger partial charge is 0.191 e. The molecule has 6 nitrogen and oxygen atoms in total. The summed E-state index contributed by atoms with van der Waals surface area (Å²) in [6.07, 6.45) is 7.61. The van der Waals surface area contributed by atoms with Gasteiger partial charge in [-0.1, -0.05) is 6.42 Å². The molecule has 0 bridgehead atoms. The molecule has 0 aliphatic carbocycles. The Morgan fingerprint density at radius 3 is 2.63 bits per heavy atom. The Morgan fingerprint density at radius 1 is 1.19 bits per heavy atom. The molecule has 0 saturated carbocycles. The lowest BCUT2D eigenvalue weighted by Crippen LogP contribution is -2.49. The molecule has 1 unspecified atom stereocenters. The Kier molecular flexibility index (Phi) is 12.9. The molecule has 0 spiro atoms. The third-order valence-corrected chi connectivity index (χ3v) is 5.27. The highest BCUT2D eigenvalue weighted by Gasteiger charge is 2.27. The summed E-state index contributed by atoms with van der Waals surface area (Å²) < 4.78 is 11.3. The molecule has 27 heavy (non-hydrogen) atoms. The van der Waals surface area contributed by atoms with Crippen LogP contribution >= 0.6 is 24.0 Å². The molecule has 7 heteroatoms. The molecule has 2 fully saturated rings. The van der Waals surface area contributed by atoms with Gasteiger partial charge in [0.2, 0.25) is 0 Å². The fourth-order valence-corrected chi connectivity index (χ4v) is 3.59. The van der Waals surface area contributed by atoms with Gasteiger partial charge in [0.25, 0.3) is 0 Å². The van der Waals surface area contributed by atoms with Crippen LogP contribution in [-0.2, 0) is 9.47 Å². The fraction of sp³-hybridized carbons (Fsp3) is 0.950. The van der Waals surface area contributed by atoms with Crippen LogP contribution in [-0.4, -0.2) is 75.0 Å². The van der Waals surface area contributed by atoms with Gasteiger partial charge in [-0.25, -0.2) is 0 Å². The maximum Gasteiger partial charge on any atom is 0.191 e. The predicted octanol–water partition coefficient (Wildman–Crippen LogP) is 3.01. The first-order valence-corrected chi connectivity index (χ1v) is 10.6. The van der Waals surface area contributed by atoms with E-state index in [9.17, 15) is 0 Å². The van der Waals surface area contributed by atoms with Gasteiger partial charge in [0.05, 0.1) is 19.3 Å². The lowest BCUT2D eigenvalue weighted by atomic mass is 9.99. The first-order valence-electron chi connectivity index (χ1n) is 10.6. The number of aliphatic imine (C=N–C) groups is 1. The van der Waals surface area contributed by atoms with E-state index in [4.69, 9.17) is 14.5 Å². The van der Waals surface area contributed by atoms with Crippen LogP contribution in [0.3, 0.4) is 0 Å². The standard InChI is InChI=1S/C20H40N4O2.HI/c1-4-21-19(22-11-9-14-25-16-18-10-8-15-26-18)23-17-20(2,3)24-12-6-5-7-13-24;/h18H,4-17H2,1-3H3,(H2,21,22,23);1H. The molecule has 2 N–H and O–H groups in total. The summed E-state index contributed by atoms with van der Waals surface area (Å²) in [7, 11) is 0. The lowest BCUT2D eigenvalue weighted by molar-refractivity contribution is 0.0168. The van der Waals surface area contributed by atoms with Crippen LogP contribution in [0.1, 0.15) is 59.3 Å². The summed E-state index contributed by atoms with van der Waals surface area (Å²) in [5.41, 5.74) is 0.118. The van der Waals surface area contributed by atoms with E-state index in [-0.39, 0.29) is 29.5 Å². The second-order valence-corrected chi connectivity index (χ2v) is 8.05. The Labute approximate surface area is 183 Å². The molecular formula is C20H41IN4O2. The second-order valence-electron chi connectivity index (χ2n) is 8.05. The van der Waals surface area contributed by atoms with Crippen LogP contribution in [0.15, 0.2) is 4.99 Å². The first kappa shape index (κ1) is 24.9. The number of piperidine rings is 1. The van der Waals surface area contributed by atoms with Crippen molar-refractivity contribution in [3.8, 4) is 0 Å². The van der Waals surface area contributed by atoms with E-state index in [0.29, 0.717) is 6.10 Å². The van der Waals surface area contributed by atoms with Crippen molar-refractivity contribution in [2.45, 2.75) is 70.9 Å². The molecule has 1 atom stereocenters. The fourth-order valence-electron chi connectivity index (χ4n) is 3.59. The summed E-state index contributed by atoms with van der Waals surface area (Å²) in [5.74, 6) is 0.914. The molecule has 0 radical (unpaired) electrons. The molecule has 2 aliphatic heterocycles. The molecule has 2 rings (SSSR count). The molecule has 160 valence electrons. The summed E-state index contributed by atoms with van der Waals surface area (Å²) in [4.78, 5) is 7.42. The summed E-state index contributed by atoms with van der Waals surface area (Å²) >= 11 is 0. The van der Waals surface area contributed by atoms with E-state index >= 15 is 0 Å². The minimum atomic E-state index is 0. The summed E-state index contributed by atoms with van der Waals surface area (Å²) in [6.45, 7) is 14.1. The second kappa shape index (κ2) is 14.0. The van der Waals surface area contributed by atoms with Gasteiger partial charge in [-0.15, -0.1) is 24.0 Å². The van der Waals surface area contributed by atoms with Gasteiger partial charge in [-0.3, -0.25) is 9.89 Å². The maximum absolute atomic E-state index is 5.72. The molecule has 0 aromatic carbocycles. The average molecular weight is 496 g/mol. The molecule has 0 amide bonds. The van der Waals surface area contributed by atoms with Gasteiger partial charge < -0.3 is 20.1 Å². The number of hydrogen-bond donors (Lipinski definition) is 2. The van der Waals surface area contributed by atoms with Crippen molar-refractivity contribution < 1.29 is 9.47 Å². The van der Waals surface area contributed by atoms with Crippen LogP contribution in [0, 0.1) is 0 Å². The van der Waals surface area contributed by atoms with Gasteiger partial charge in [0.1, 0.15) is 0 Å². The van der Waals surface area contributed by atoms with E-state index in [1.54, 1.807) is 0 Å². The number of rotatable bonds is 10. The van der Waals surface area contributed by atoms with Gasteiger partial charge in [0, 0.05) is 31.8 Å². The number of hydrogen-bond acceptors (Lipinski definition) is 4. The van der Waals surface area contributed by atoms with Crippen LogP contribution < -0.4 is 10.6 Å². The van der Waals surface area contributed by atoms with Crippen LogP contribution in [0.2, 0.25) is 0 Å². The highest BCUT2D eigenvalue weighted by molar-refractivity contribution is 14.0. The third-order valence-electron chi connectivity index (χ3n) is 5.27. The van der Waals surface area contributed by atoms with E-state index in [0.717, 1.165) is 58.3 Å². The predicted molar refractivity (Wildman–Crippen MR) is 123 cm³/mol. The molecule has 2 aliphatic rings. The first-order chi connectivity index (χ1) is 12.6. The largest absolute Gasteiger partial charge is 0.379 e. The summed E-state index contributed by atoms with van der Waals surface area (Å²) in [6, 6.07) is 0. The van der Waals surface area contributed by atoms with Gasteiger partial charge in [0.15, 0.2) is 5.96 Å². The number of nitrogens with one attached hydrogen (secondary N) is 2. The van der Waals surface area contributed by atoms with Crippen LogP contribution in [0.25, 0.3) is 0 Å². The van der Waals surface area contributed by atoms with Gasteiger partial charge in [-0.05, 0) is 66.0 Å². The number of guanidine groups is 1. The Hall–Kier alpha value is -0.120. The topological polar surface area (TPSA) is 58.1 Å². The molecule has 2 saturated heterocycles. The van der Waals surface area contributed by atoms with Crippen molar-refractivity contribution in [2.24, 2.45) is 4.99 Å². The lowest BCUT2D eigenvalue weighted by Gasteiger charge is -2.40. The minimum absolute atomic E-state index is 0. The van der Waals surface area contributed by atoms with E-state index < -0.39 is 0 Å². The Bertz CT molecular complexity index is 409. The van der Waals surface area contributed by atoms with Crippen molar-refractivity contribution in [3.05, 3.63) is 0 Å². The monoisotopic (exact) mass is 496 g/mol. The van der Waals surface area contributed by atoms with Crippen molar-refractivity contribution >= 4 is 29.9 Å². The van der Waals surface area contributed by atoms with Crippen molar-refractivity contribution in [2.75, 3.05) is 52.5 Å². The van der Waals surface area contributed by atoms with E-state index in [2.05, 4.69) is 36.3 Å². The SMILES string of the molecule is CCNC(=NCC(C)(C)N1CCCCC1)NCCCOCC1CCCO1.I. The zero-order valence-electron chi connectivity index (χ0n) is 17.6. The van der Waals surface area contributed by atoms with Crippen molar-refractivity contribution in [1.29, 1.82) is 0 Å². The number of ether oxygens (including phenoxy) is 2. The molecular weight excluding hydrogens is 455 g/mol. The number of likely N-dealkylation sites (tertiary alicyclic amines) is 1. The zero-order chi connectivity index (χ0) is 18.7. The number of nitrogens with zero attached hydrogens (tertiary/aromatic N) is 2. The van der Waals surface area contributed by atoms with E-state index in [1.165, 1.54) is 38.8 Å². The van der Waals surface area contributed by atoms with E-state index in [1.807, 2.05) is 0 Å². The molecule has 0 aromatic heterocycles. The average Bonchev–Trinajstić information content (AvgIpc) is 3.16. The maximum atomic E-state index is 5.72. The third kappa shape index (κ3) is 9.76. The van der Waals surface area contributed by atoms with Gasteiger partial charge >= 0.3 is 0 Å². The minimum Gasteiger partial charge on any atom is -0.379 e.